The van der Waals surface area contributed by atoms with E-state index in [-0.39, 0.29) is 10.7 Å². The Morgan fingerprint density at radius 2 is 1.59 bits per heavy atom. The third-order valence-electron chi connectivity index (χ3n) is 3.76. The zero-order chi connectivity index (χ0) is 19.4. The minimum atomic E-state index is -3.92. The van der Waals surface area contributed by atoms with Gasteiger partial charge in [0.15, 0.2) is 5.84 Å². The molecule has 3 aromatic rings. The number of nitrogens with zero attached hydrogens (tertiary/aromatic N) is 1. The summed E-state index contributed by atoms with van der Waals surface area (Å²) < 4.78 is 29.6. The van der Waals surface area contributed by atoms with E-state index in [9.17, 15) is 8.42 Å². The standard InChI is InChI=1S/C20H16Cl2N2O2S/c1-14-7-10-17(11-8-14)27(25,26)24-20(15-5-3-2-4-6-15)23-19-13-16(21)9-12-18(19)22/h2-13H,1H3,(H,23,24). The second-order valence-electron chi connectivity index (χ2n) is 5.84. The number of hydrogen-bond donors (Lipinski definition) is 1. The number of benzene rings is 3. The summed E-state index contributed by atoms with van der Waals surface area (Å²) >= 11 is 12.2. The van der Waals surface area contributed by atoms with Crippen LogP contribution in [-0.2, 0) is 10.0 Å². The summed E-state index contributed by atoms with van der Waals surface area (Å²) in [6, 6.07) is 20.4. The highest BCUT2D eigenvalue weighted by molar-refractivity contribution is 7.90. The minimum Gasteiger partial charge on any atom is -0.338 e. The van der Waals surface area contributed by atoms with Crippen molar-refractivity contribution in [1.82, 2.24) is 0 Å². The first-order valence-electron chi connectivity index (χ1n) is 8.04. The number of rotatable bonds is 4. The van der Waals surface area contributed by atoms with Crippen LogP contribution < -0.4 is 5.32 Å². The van der Waals surface area contributed by atoms with E-state index < -0.39 is 10.0 Å². The van der Waals surface area contributed by atoms with Gasteiger partial charge in [-0.05, 0) is 37.3 Å². The molecule has 0 atom stereocenters. The molecule has 7 heteroatoms. The second kappa shape index (κ2) is 8.13. The predicted molar refractivity (Wildman–Crippen MR) is 111 cm³/mol. The van der Waals surface area contributed by atoms with E-state index in [4.69, 9.17) is 23.2 Å². The van der Waals surface area contributed by atoms with Crippen LogP contribution in [0.3, 0.4) is 0 Å². The van der Waals surface area contributed by atoms with E-state index in [1.165, 1.54) is 12.1 Å². The fourth-order valence-electron chi connectivity index (χ4n) is 2.35. The number of aryl methyl sites for hydroxylation is 1. The van der Waals surface area contributed by atoms with Gasteiger partial charge in [-0.25, -0.2) is 0 Å². The summed E-state index contributed by atoms with van der Waals surface area (Å²) in [5.74, 6) is 0.153. The monoisotopic (exact) mass is 418 g/mol. The normalized spacial score (nSPS) is 12.0. The molecular weight excluding hydrogens is 403 g/mol. The Kier molecular flexibility index (Phi) is 5.85. The van der Waals surface area contributed by atoms with Crippen LogP contribution in [0.2, 0.25) is 10.0 Å². The van der Waals surface area contributed by atoms with Crippen molar-refractivity contribution >= 4 is 44.7 Å². The fraction of sp³-hybridized carbons (Fsp3) is 0.0500. The van der Waals surface area contributed by atoms with Gasteiger partial charge in [-0.15, -0.1) is 4.40 Å². The van der Waals surface area contributed by atoms with Crippen molar-refractivity contribution in [2.75, 3.05) is 5.32 Å². The van der Waals surface area contributed by atoms with E-state index in [1.54, 1.807) is 54.6 Å². The summed E-state index contributed by atoms with van der Waals surface area (Å²) in [5.41, 5.74) is 2.03. The molecule has 0 aliphatic heterocycles. The van der Waals surface area contributed by atoms with Crippen LogP contribution in [0.15, 0.2) is 82.1 Å². The van der Waals surface area contributed by atoms with Crippen LogP contribution in [-0.4, -0.2) is 14.3 Å². The van der Waals surface area contributed by atoms with Gasteiger partial charge < -0.3 is 5.32 Å². The smallest absolute Gasteiger partial charge is 0.284 e. The van der Waals surface area contributed by atoms with Crippen LogP contribution in [0.25, 0.3) is 0 Å². The van der Waals surface area contributed by atoms with Crippen LogP contribution in [0.5, 0.6) is 0 Å². The van der Waals surface area contributed by atoms with Gasteiger partial charge in [0.1, 0.15) is 0 Å². The van der Waals surface area contributed by atoms with E-state index in [2.05, 4.69) is 9.71 Å². The maximum Gasteiger partial charge on any atom is 0.284 e. The lowest BCUT2D eigenvalue weighted by molar-refractivity contribution is 0.598. The Morgan fingerprint density at radius 1 is 0.926 bits per heavy atom. The number of amidine groups is 1. The first-order chi connectivity index (χ1) is 12.8. The average Bonchev–Trinajstić information content (AvgIpc) is 2.65. The lowest BCUT2D eigenvalue weighted by Crippen LogP contribution is -2.16. The van der Waals surface area contributed by atoms with Gasteiger partial charge >= 0.3 is 0 Å². The molecule has 0 bridgehead atoms. The maximum absolute atomic E-state index is 12.8. The molecule has 0 saturated heterocycles. The first kappa shape index (κ1) is 19.4. The van der Waals surface area contributed by atoms with Gasteiger partial charge in [0, 0.05) is 10.6 Å². The molecule has 0 spiro atoms. The molecule has 0 amide bonds. The van der Waals surface area contributed by atoms with Crippen molar-refractivity contribution in [1.29, 1.82) is 0 Å². The Balaban J connectivity index is 2.08. The first-order valence-corrected chi connectivity index (χ1v) is 10.2. The molecule has 4 nitrogen and oxygen atoms in total. The number of anilines is 1. The highest BCUT2D eigenvalue weighted by atomic mass is 35.5. The van der Waals surface area contributed by atoms with Gasteiger partial charge in [0.2, 0.25) is 0 Å². The molecule has 0 heterocycles. The van der Waals surface area contributed by atoms with Crippen molar-refractivity contribution in [2.24, 2.45) is 4.40 Å². The average molecular weight is 419 g/mol. The molecule has 138 valence electrons. The van der Waals surface area contributed by atoms with Crippen molar-refractivity contribution < 1.29 is 8.42 Å². The van der Waals surface area contributed by atoms with Crippen LogP contribution in [0.4, 0.5) is 5.69 Å². The molecule has 3 rings (SSSR count). The fourth-order valence-corrected chi connectivity index (χ4v) is 3.66. The second-order valence-corrected chi connectivity index (χ2v) is 8.29. The molecule has 0 fully saturated rings. The Hall–Kier alpha value is -2.34. The molecule has 0 unspecified atom stereocenters. The Morgan fingerprint density at radius 3 is 2.26 bits per heavy atom. The molecule has 1 N–H and O–H groups in total. The summed E-state index contributed by atoms with van der Waals surface area (Å²) in [7, 11) is -3.92. The summed E-state index contributed by atoms with van der Waals surface area (Å²) in [4.78, 5) is 0.112. The highest BCUT2D eigenvalue weighted by Gasteiger charge is 2.16. The molecule has 27 heavy (non-hydrogen) atoms. The number of nitrogens with one attached hydrogen (secondary N) is 1. The highest BCUT2D eigenvalue weighted by Crippen LogP contribution is 2.26. The SMILES string of the molecule is Cc1ccc(S(=O)(=O)N=C(Nc2cc(Cl)ccc2Cl)c2ccccc2)cc1. The lowest BCUT2D eigenvalue weighted by atomic mass is 10.2. The third-order valence-corrected chi connectivity index (χ3v) is 5.61. The lowest BCUT2D eigenvalue weighted by Gasteiger charge is -2.12. The molecule has 0 aliphatic rings. The predicted octanol–water partition coefficient (Wildman–Crippen LogP) is 5.55. The Labute approximate surface area is 168 Å². The zero-order valence-electron chi connectivity index (χ0n) is 14.4. The quantitative estimate of drug-likeness (QED) is 0.446. The van der Waals surface area contributed by atoms with E-state index in [0.717, 1.165) is 5.56 Å². The van der Waals surface area contributed by atoms with E-state index >= 15 is 0 Å². The van der Waals surface area contributed by atoms with Crippen molar-refractivity contribution in [3.8, 4) is 0 Å². The largest absolute Gasteiger partial charge is 0.338 e. The van der Waals surface area contributed by atoms with Crippen LogP contribution in [0.1, 0.15) is 11.1 Å². The number of sulfonamides is 1. The van der Waals surface area contributed by atoms with Crippen LogP contribution >= 0.6 is 23.2 Å². The molecule has 0 radical (unpaired) electrons. The van der Waals surface area contributed by atoms with Crippen LogP contribution in [0, 0.1) is 6.92 Å². The van der Waals surface area contributed by atoms with E-state index in [1.807, 2.05) is 13.0 Å². The molecule has 0 saturated carbocycles. The number of hydrogen-bond acceptors (Lipinski definition) is 2. The minimum absolute atomic E-state index is 0.112. The maximum atomic E-state index is 12.8. The van der Waals surface area contributed by atoms with Gasteiger partial charge in [0.25, 0.3) is 10.0 Å². The third kappa shape index (κ3) is 4.89. The summed E-state index contributed by atoms with van der Waals surface area (Å²) in [6.45, 7) is 1.89. The summed E-state index contributed by atoms with van der Waals surface area (Å²) in [6.07, 6.45) is 0. The molecule has 3 aromatic carbocycles. The van der Waals surface area contributed by atoms with Gasteiger partial charge in [-0.3, -0.25) is 0 Å². The van der Waals surface area contributed by atoms with Gasteiger partial charge in [-0.2, -0.15) is 8.42 Å². The Bertz CT molecular complexity index is 1080. The van der Waals surface area contributed by atoms with Gasteiger partial charge in [0.05, 0.1) is 15.6 Å². The van der Waals surface area contributed by atoms with E-state index in [0.29, 0.717) is 21.3 Å². The van der Waals surface area contributed by atoms with Crippen molar-refractivity contribution in [3.05, 3.63) is 94.0 Å². The van der Waals surface area contributed by atoms with Crippen molar-refractivity contribution in [2.45, 2.75) is 11.8 Å². The van der Waals surface area contributed by atoms with Crippen molar-refractivity contribution in [3.63, 3.8) is 0 Å². The molecular formula is C20H16Cl2N2O2S. The number of halogens is 2. The topological polar surface area (TPSA) is 58.5 Å². The molecule has 0 aliphatic carbocycles. The summed E-state index contributed by atoms with van der Waals surface area (Å²) in [5, 5.41) is 3.86. The zero-order valence-corrected chi connectivity index (χ0v) is 16.7. The molecule has 0 aromatic heterocycles. The van der Waals surface area contributed by atoms with Gasteiger partial charge in [-0.1, -0.05) is 71.2 Å².